The van der Waals surface area contributed by atoms with Crippen molar-refractivity contribution in [2.45, 2.75) is 63.0 Å². The van der Waals surface area contributed by atoms with Gasteiger partial charge in [0.15, 0.2) is 0 Å². The molecule has 0 aromatic rings. The first-order valence-corrected chi connectivity index (χ1v) is 15.8. The molecule has 10 N–H and O–H groups in total. The van der Waals surface area contributed by atoms with Crippen molar-refractivity contribution in [2.24, 2.45) is 5.73 Å². The molecule has 0 fully saturated rings. The number of carbonyl (C=O) groups excluding carboxylic acids is 7. The van der Waals surface area contributed by atoms with Crippen LogP contribution < -0.4 is 37.6 Å². The zero-order valence-electron chi connectivity index (χ0n) is 24.1. The largest absolute Gasteiger partial charge is 0.394 e. The van der Waals surface area contributed by atoms with Gasteiger partial charge in [0, 0.05) is 0 Å². The normalized spacial score (nSPS) is 15.0. The molecule has 0 radical (unpaired) electrons. The van der Waals surface area contributed by atoms with E-state index >= 15 is 0 Å². The van der Waals surface area contributed by atoms with Crippen molar-refractivity contribution in [1.82, 2.24) is 31.9 Å². The third kappa shape index (κ3) is 15.3. The Morgan fingerprint density at radius 1 is 0.786 bits per heavy atom. The van der Waals surface area contributed by atoms with E-state index in [-0.39, 0.29) is 13.0 Å². The number of thioether (sulfide) groups is 2. The fourth-order valence-corrected chi connectivity index (χ4v) is 4.15. The Kier molecular flexibility index (Phi) is 20.2. The highest BCUT2D eigenvalue weighted by molar-refractivity contribution is 7.98. The summed E-state index contributed by atoms with van der Waals surface area (Å²) in [4.78, 5) is 85.2. The van der Waals surface area contributed by atoms with Crippen LogP contribution in [0.15, 0.2) is 0 Å². The Hall–Kier alpha value is -2.93. The minimum Gasteiger partial charge on any atom is -0.394 e. The van der Waals surface area contributed by atoms with Gasteiger partial charge in [0.05, 0.1) is 31.8 Å². The summed E-state index contributed by atoms with van der Waals surface area (Å²) in [6.07, 6.45) is 3.18. The van der Waals surface area contributed by atoms with Crippen LogP contribution in [-0.4, -0.2) is 132 Å². The molecule has 18 heteroatoms. The molecular weight excluding hydrogens is 594 g/mol. The number of carbonyl (C=O) groups is 7. The van der Waals surface area contributed by atoms with Gasteiger partial charge in [-0.1, -0.05) is 0 Å². The van der Waals surface area contributed by atoms with Gasteiger partial charge in [-0.2, -0.15) is 23.5 Å². The van der Waals surface area contributed by atoms with E-state index in [1.54, 1.807) is 6.26 Å². The maximum Gasteiger partial charge on any atom is 0.245 e. The van der Waals surface area contributed by atoms with Crippen LogP contribution in [0.25, 0.3) is 0 Å². The lowest BCUT2D eigenvalue weighted by Crippen LogP contribution is -2.60. The van der Waals surface area contributed by atoms with Gasteiger partial charge in [0.1, 0.15) is 30.5 Å². The minimum absolute atomic E-state index is 0.0908. The van der Waals surface area contributed by atoms with Crippen LogP contribution in [0.4, 0.5) is 0 Å². The molecule has 0 aliphatic carbocycles. The standard InChI is InChI=1S/C24H43N7O9S2/c1-13(28-21(37)15(25)5-9-41-3)20(36)30-17(12-33)23(39)29-16(6-10-42-4)22(38)31-19(14(2)34)24(40)27-11-18(35)26-7-8-32/h8,13-17,19,33-34H,5-7,9-12,25H2,1-4H3,(H,26,35)(H,27,40)(H,28,37)(H,29,39)(H,30,36)(H,31,38)/t13-,14+,15-,16-,17-,19-/m0/s1. The van der Waals surface area contributed by atoms with Gasteiger partial charge in [-0.15, -0.1) is 0 Å². The van der Waals surface area contributed by atoms with E-state index in [0.717, 1.165) is 0 Å². The summed E-state index contributed by atoms with van der Waals surface area (Å²) in [6, 6.07) is -6.11. The molecule has 0 saturated carbocycles. The summed E-state index contributed by atoms with van der Waals surface area (Å²) >= 11 is 2.88. The van der Waals surface area contributed by atoms with Gasteiger partial charge >= 0.3 is 0 Å². The number of amides is 6. The third-order valence-electron chi connectivity index (χ3n) is 5.65. The number of hydrogen-bond donors (Lipinski definition) is 9. The number of aldehydes is 1. The highest BCUT2D eigenvalue weighted by atomic mass is 32.2. The van der Waals surface area contributed by atoms with Gasteiger partial charge in [-0.3, -0.25) is 28.8 Å². The molecule has 0 heterocycles. The lowest BCUT2D eigenvalue weighted by atomic mass is 10.1. The topological polar surface area (TPSA) is 258 Å². The van der Waals surface area contributed by atoms with Crippen molar-refractivity contribution >= 4 is 65.3 Å². The van der Waals surface area contributed by atoms with Gasteiger partial charge in [-0.25, -0.2) is 0 Å². The SMILES string of the molecule is CSCC[C@H](NC(=O)[C@H](CO)NC(=O)[C@H](C)NC(=O)[C@@H](N)CCSC)C(=O)N[C@H](C(=O)NCC(=O)NCC=O)[C@@H](C)O. The lowest BCUT2D eigenvalue weighted by Gasteiger charge is -2.26. The molecule has 0 aliphatic rings. The average Bonchev–Trinajstić information content (AvgIpc) is 2.96. The molecule has 0 aromatic heterocycles. The van der Waals surface area contributed by atoms with Crippen molar-refractivity contribution in [3.05, 3.63) is 0 Å². The minimum atomic E-state index is -1.50. The smallest absolute Gasteiger partial charge is 0.245 e. The predicted octanol–water partition coefficient (Wildman–Crippen LogP) is -4.42. The maximum atomic E-state index is 13.0. The van der Waals surface area contributed by atoms with Crippen LogP contribution in [0, 0.1) is 0 Å². The summed E-state index contributed by atoms with van der Waals surface area (Å²) in [6.45, 7) is 1.02. The lowest BCUT2D eigenvalue weighted by molar-refractivity contribution is -0.136. The second-order valence-electron chi connectivity index (χ2n) is 9.12. The van der Waals surface area contributed by atoms with E-state index in [2.05, 4.69) is 31.9 Å². The summed E-state index contributed by atoms with van der Waals surface area (Å²) in [5.41, 5.74) is 5.80. The molecule has 6 amide bonds. The van der Waals surface area contributed by atoms with Crippen LogP contribution in [0.3, 0.4) is 0 Å². The highest BCUT2D eigenvalue weighted by Gasteiger charge is 2.32. The Morgan fingerprint density at radius 3 is 1.90 bits per heavy atom. The van der Waals surface area contributed by atoms with Gasteiger partial charge < -0.3 is 52.6 Å². The molecule has 6 atom stereocenters. The van der Waals surface area contributed by atoms with Gasteiger partial charge in [0.25, 0.3) is 0 Å². The molecule has 42 heavy (non-hydrogen) atoms. The second-order valence-corrected chi connectivity index (χ2v) is 11.1. The van der Waals surface area contributed by atoms with E-state index in [9.17, 15) is 43.8 Å². The number of hydrogen-bond acceptors (Lipinski definition) is 12. The van der Waals surface area contributed by atoms with E-state index < -0.39 is 84.9 Å². The molecule has 16 nitrogen and oxygen atoms in total. The molecule has 0 rings (SSSR count). The summed E-state index contributed by atoms with van der Waals surface area (Å²) in [7, 11) is 0. The fourth-order valence-electron chi connectivity index (χ4n) is 3.18. The van der Waals surface area contributed by atoms with Crippen LogP contribution in [0.2, 0.25) is 0 Å². The first-order chi connectivity index (χ1) is 19.8. The Bertz CT molecular complexity index is 927. The average molecular weight is 638 g/mol. The Labute approximate surface area is 253 Å². The molecule has 240 valence electrons. The summed E-state index contributed by atoms with van der Waals surface area (Å²) in [5, 5.41) is 33.8. The summed E-state index contributed by atoms with van der Waals surface area (Å²) in [5.74, 6) is -3.59. The number of nitrogens with one attached hydrogen (secondary N) is 6. The quantitative estimate of drug-likeness (QED) is 0.0541. The second kappa shape index (κ2) is 21.7. The van der Waals surface area contributed by atoms with Crippen molar-refractivity contribution in [2.75, 3.05) is 43.7 Å². The van der Waals surface area contributed by atoms with E-state index in [1.165, 1.54) is 37.4 Å². The molecule has 0 unspecified atom stereocenters. The first-order valence-electron chi connectivity index (χ1n) is 13.0. The molecular formula is C24H43N7O9S2. The molecule has 0 spiro atoms. The molecule has 0 saturated heterocycles. The predicted molar refractivity (Wildman–Crippen MR) is 158 cm³/mol. The van der Waals surface area contributed by atoms with Crippen LogP contribution >= 0.6 is 23.5 Å². The van der Waals surface area contributed by atoms with E-state index in [1.807, 2.05) is 6.26 Å². The molecule has 0 aliphatic heterocycles. The van der Waals surface area contributed by atoms with Crippen molar-refractivity contribution in [3.8, 4) is 0 Å². The van der Waals surface area contributed by atoms with Crippen molar-refractivity contribution < 1.29 is 43.8 Å². The van der Waals surface area contributed by atoms with Gasteiger partial charge in [0.2, 0.25) is 35.4 Å². The number of rotatable bonds is 21. The van der Waals surface area contributed by atoms with Crippen LogP contribution in [-0.2, 0) is 33.6 Å². The fraction of sp³-hybridized carbons (Fsp3) is 0.708. The van der Waals surface area contributed by atoms with Gasteiger partial charge in [-0.05, 0) is 50.7 Å². The highest BCUT2D eigenvalue weighted by Crippen LogP contribution is 2.04. The summed E-state index contributed by atoms with van der Waals surface area (Å²) < 4.78 is 0. The van der Waals surface area contributed by atoms with Crippen LogP contribution in [0.1, 0.15) is 26.7 Å². The molecule has 0 bridgehead atoms. The number of nitrogens with two attached hydrogens (primary N) is 1. The van der Waals surface area contributed by atoms with Crippen molar-refractivity contribution in [3.63, 3.8) is 0 Å². The zero-order chi connectivity index (χ0) is 32.2. The number of aliphatic hydroxyl groups excluding tert-OH is 2. The third-order valence-corrected chi connectivity index (χ3v) is 6.94. The number of aliphatic hydroxyl groups is 2. The van der Waals surface area contributed by atoms with Crippen molar-refractivity contribution in [1.29, 1.82) is 0 Å². The monoisotopic (exact) mass is 637 g/mol. The van der Waals surface area contributed by atoms with Crippen LogP contribution in [0.5, 0.6) is 0 Å². The maximum absolute atomic E-state index is 13.0. The van der Waals surface area contributed by atoms with E-state index in [0.29, 0.717) is 24.2 Å². The first kappa shape index (κ1) is 39.1. The Morgan fingerprint density at radius 2 is 1.36 bits per heavy atom. The Balaban J connectivity index is 5.34. The molecule has 0 aromatic carbocycles. The van der Waals surface area contributed by atoms with E-state index in [4.69, 9.17) is 5.73 Å². The zero-order valence-corrected chi connectivity index (χ0v) is 25.8.